The maximum absolute atomic E-state index is 4.21. The number of likely N-dealkylation sites (N-methyl/N-ethyl adjacent to an activating group) is 1. The van der Waals surface area contributed by atoms with Gasteiger partial charge < -0.3 is 5.32 Å². The molecule has 0 bridgehead atoms. The fourth-order valence-corrected chi connectivity index (χ4v) is 0.925. The van der Waals surface area contributed by atoms with Crippen molar-refractivity contribution in [2.75, 3.05) is 13.6 Å². The maximum atomic E-state index is 4.21. The van der Waals surface area contributed by atoms with Crippen LogP contribution in [0, 0.1) is 6.92 Å². The molecule has 11 heavy (non-hydrogen) atoms. The van der Waals surface area contributed by atoms with Crippen LogP contribution in [0.3, 0.4) is 0 Å². The van der Waals surface area contributed by atoms with Crippen LogP contribution in [0.4, 0.5) is 0 Å². The van der Waals surface area contributed by atoms with E-state index in [0.717, 1.165) is 24.4 Å². The number of nitrogens with zero attached hydrogens (tertiary/aromatic N) is 2. The maximum Gasteiger partial charge on any atom is 0.0628 e. The zero-order chi connectivity index (χ0) is 8.10. The zero-order valence-corrected chi connectivity index (χ0v) is 6.96. The van der Waals surface area contributed by atoms with E-state index < -0.39 is 0 Å². The first-order valence-electron chi connectivity index (χ1n) is 3.75. The molecule has 0 amide bonds. The quantitative estimate of drug-likeness (QED) is 0.685. The molecule has 1 aromatic heterocycles. The van der Waals surface area contributed by atoms with Crippen LogP contribution in [0.25, 0.3) is 0 Å². The average molecular weight is 151 g/mol. The average Bonchev–Trinajstić information content (AvgIpc) is 2.03. The van der Waals surface area contributed by atoms with Crippen molar-refractivity contribution in [1.82, 2.24) is 15.3 Å². The van der Waals surface area contributed by atoms with Gasteiger partial charge in [-0.15, -0.1) is 0 Å². The molecule has 0 aromatic carbocycles. The third-order valence-electron chi connectivity index (χ3n) is 1.59. The number of hydrogen-bond donors (Lipinski definition) is 1. The van der Waals surface area contributed by atoms with E-state index >= 15 is 0 Å². The van der Waals surface area contributed by atoms with Gasteiger partial charge in [-0.25, -0.2) is 0 Å². The molecule has 1 rings (SSSR count). The molecule has 0 radical (unpaired) electrons. The topological polar surface area (TPSA) is 37.8 Å². The van der Waals surface area contributed by atoms with E-state index in [1.807, 2.05) is 14.0 Å². The van der Waals surface area contributed by atoms with Crippen LogP contribution in [-0.4, -0.2) is 23.6 Å². The number of aryl methyl sites for hydroxylation is 1. The lowest BCUT2D eigenvalue weighted by molar-refractivity contribution is 0.765. The molecule has 3 nitrogen and oxygen atoms in total. The van der Waals surface area contributed by atoms with Crippen LogP contribution in [0.1, 0.15) is 11.4 Å². The second kappa shape index (κ2) is 4.03. The summed E-state index contributed by atoms with van der Waals surface area (Å²) in [6.07, 6.45) is 4.41. The van der Waals surface area contributed by atoms with E-state index in [1.54, 1.807) is 12.4 Å². The predicted octanol–water partition coefficient (Wildman–Crippen LogP) is 0.547. The molecule has 0 atom stereocenters. The van der Waals surface area contributed by atoms with Gasteiger partial charge in [-0.1, -0.05) is 0 Å². The van der Waals surface area contributed by atoms with Gasteiger partial charge in [0.15, 0.2) is 0 Å². The Kier molecular flexibility index (Phi) is 2.98. The molecular formula is C8H13N3. The molecule has 1 heterocycles. The summed E-state index contributed by atoms with van der Waals surface area (Å²) in [4.78, 5) is 8.36. The van der Waals surface area contributed by atoms with Gasteiger partial charge in [0.1, 0.15) is 0 Å². The molecule has 60 valence electrons. The van der Waals surface area contributed by atoms with Gasteiger partial charge in [0.05, 0.1) is 11.4 Å². The van der Waals surface area contributed by atoms with Gasteiger partial charge in [-0.2, -0.15) is 0 Å². The van der Waals surface area contributed by atoms with E-state index in [1.165, 1.54) is 0 Å². The summed E-state index contributed by atoms with van der Waals surface area (Å²) < 4.78 is 0. The molecule has 0 aliphatic heterocycles. The Bertz CT molecular complexity index is 222. The minimum absolute atomic E-state index is 0.955. The van der Waals surface area contributed by atoms with Crippen molar-refractivity contribution >= 4 is 0 Å². The second-order valence-corrected chi connectivity index (χ2v) is 2.44. The molecule has 3 heteroatoms. The Morgan fingerprint density at radius 2 is 2.09 bits per heavy atom. The molecule has 1 aromatic rings. The highest BCUT2D eigenvalue weighted by atomic mass is 14.8. The predicted molar refractivity (Wildman–Crippen MR) is 44.4 cm³/mol. The normalized spacial score (nSPS) is 10.0. The van der Waals surface area contributed by atoms with E-state index in [9.17, 15) is 0 Å². The second-order valence-electron chi connectivity index (χ2n) is 2.44. The number of hydrogen-bond acceptors (Lipinski definition) is 3. The lowest BCUT2D eigenvalue weighted by Gasteiger charge is -2.01. The summed E-state index contributed by atoms with van der Waals surface area (Å²) in [6, 6.07) is 0. The van der Waals surface area contributed by atoms with Gasteiger partial charge in [0, 0.05) is 25.4 Å². The van der Waals surface area contributed by atoms with E-state index in [-0.39, 0.29) is 0 Å². The van der Waals surface area contributed by atoms with Crippen LogP contribution in [-0.2, 0) is 6.42 Å². The number of rotatable bonds is 3. The molecule has 0 unspecified atom stereocenters. The summed E-state index contributed by atoms with van der Waals surface area (Å²) in [5.74, 6) is 0. The van der Waals surface area contributed by atoms with Crippen molar-refractivity contribution in [3.05, 3.63) is 23.8 Å². The van der Waals surface area contributed by atoms with Gasteiger partial charge in [0.2, 0.25) is 0 Å². The molecule has 0 fully saturated rings. The lowest BCUT2D eigenvalue weighted by atomic mass is 10.2. The van der Waals surface area contributed by atoms with Gasteiger partial charge in [0.25, 0.3) is 0 Å². The SMILES string of the molecule is CNCCc1nccnc1C. The molecule has 0 aliphatic carbocycles. The Labute approximate surface area is 66.9 Å². The van der Waals surface area contributed by atoms with Crippen molar-refractivity contribution in [2.24, 2.45) is 0 Å². The highest BCUT2D eigenvalue weighted by molar-refractivity contribution is 5.08. The Morgan fingerprint density at radius 3 is 2.73 bits per heavy atom. The molecule has 0 saturated carbocycles. The van der Waals surface area contributed by atoms with E-state index in [2.05, 4.69) is 15.3 Å². The third-order valence-corrected chi connectivity index (χ3v) is 1.59. The molecule has 0 aliphatic rings. The first-order chi connectivity index (χ1) is 5.34. The summed E-state index contributed by atoms with van der Waals surface area (Å²) >= 11 is 0. The van der Waals surface area contributed by atoms with Crippen molar-refractivity contribution in [3.8, 4) is 0 Å². The minimum atomic E-state index is 0.955. The third kappa shape index (κ3) is 2.27. The number of nitrogens with one attached hydrogen (secondary N) is 1. The highest BCUT2D eigenvalue weighted by Gasteiger charge is 1.97. The Morgan fingerprint density at radius 1 is 1.36 bits per heavy atom. The Balaban J connectivity index is 2.62. The Hall–Kier alpha value is -0.960. The largest absolute Gasteiger partial charge is 0.319 e. The van der Waals surface area contributed by atoms with Crippen molar-refractivity contribution in [3.63, 3.8) is 0 Å². The zero-order valence-electron chi connectivity index (χ0n) is 6.96. The molecule has 1 N–H and O–H groups in total. The van der Waals surface area contributed by atoms with E-state index in [0.29, 0.717) is 0 Å². The van der Waals surface area contributed by atoms with Crippen LogP contribution in [0.5, 0.6) is 0 Å². The van der Waals surface area contributed by atoms with Crippen molar-refractivity contribution in [2.45, 2.75) is 13.3 Å². The van der Waals surface area contributed by atoms with Gasteiger partial charge in [-0.3, -0.25) is 9.97 Å². The highest BCUT2D eigenvalue weighted by Crippen LogP contribution is 1.98. The number of aromatic nitrogens is 2. The van der Waals surface area contributed by atoms with Crippen LogP contribution < -0.4 is 5.32 Å². The fraction of sp³-hybridized carbons (Fsp3) is 0.500. The van der Waals surface area contributed by atoms with Gasteiger partial charge >= 0.3 is 0 Å². The molecular weight excluding hydrogens is 138 g/mol. The van der Waals surface area contributed by atoms with Crippen LogP contribution >= 0.6 is 0 Å². The summed E-state index contributed by atoms with van der Waals surface area (Å²) in [7, 11) is 1.94. The monoisotopic (exact) mass is 151 g/mol. The lowest BCUT2D eigenvalue weighted by Crippen LogP contribution is -2.12. The summed E-state index contributed by atoms with van der Waals surface area (Å²) in [6.45, 7) is 2.94. The van der Waals surface area contributed by atoms with Crippen molar-refractivity contribution < 1.29 is 0 Å². The molecule has 0 saturated heterocycles. The van der Waals surface area contributed by atoms with Crippen LogP contribution in [0.2, 0.25) is 0 Å². The first-order valence-corrected chi connectivity index (χ1v) is 3.75. The van der Waals surface area contributed by atoms with Crippen molar-refractivity contribution in [1.29, 1.82) is 0 Å². The standard InChI is InChI=1S/C8H13N3/c1-7-8(3-4-9-2)11-6-5-10-7/h5-6,9H,3-4H2,1-2H3. The fourth-order valence-electron chi connectivity index (χ4n) is 0.925. The summed E-state index contributed by atoms with van der Waals surface area (Å²) in [5.41, 5.74) is 2.12. The molecule has 0 spiro atoms. The smallest absolute Gasteiger partial charge is 0.0628 e. The van der Waals surface area contributed by atoms with Gasteiger partial charge in [-0.05, 0) is 14.0 Å². The van der Waals surface area contributed by atoms with E-state index in [4.69, 9.17) is 0 Å². The summed E-state index contributed by atoms with van der Waals surface area (Å²) in [5, 5.41) is 3.08. The first kappa shape index (κ1) is 8.14. The van der Waals surface area contributed by atoms with Crippen LogP contribution in [0.15, 0.2) is 12.4 Å². The minimum Gasteiger partial charge on any atom is -0.319 e.